The van der Waals surface area contributed by atoms with Crippen LogP contribution >= 0.6 is 0 Å². The second kappa shape index (κ2) is 8.92. The summed E-state index contributed by atoms with van der Waals surface area (Å²) >= 11 is 0. The van der Waals surface area contributed by atoms with E-state index in [9.17, 15) is 4.79 Å². The number of carbonyl (C=O) groups excluding carboxylic acids is 1. The Hall–Kier alpha value is -3.81. The van der Waals surface area contributed by atoms with Gasteiger partial charge in [-0.2, -0.15) is 0 Å². The van der Waals surface area contributed by atoms with E-state index in [0.717, 1.165) is 11.4 Å². The average molecular weight is 394 g/mol. The minimum atomic E-state index is -0.361. The highest BCUT2D eigenvalue weighted by molar-refractivity contribution is 6.03. The molecule has 0 unspecified atom stereocenters. The summed E-state index contributed by atoms with van der Waals surface area (Å²) in [6.07, 6.45) is 0. The fraction of sp³-hybridized carbons (Fsp3) is 0.190. The van der Waals surface area contributed by atoms with Gasteiger partial charge in [-0.05, 0) is 43.3 Å². The van der Waals surface area contributed by atoms with Crippen LogP contribution in [0.2, 0.25) is 0 Å². The maximum absolute atomic E-state index is 12.7. The fourth-order valence-electron chi connectivity index (χ4n) is 2.68. The van der Waals surface area contributed by atoms with E-state index in [0.29, 0.717) is 28.8 Å². The minimum absolute atomic E-state index is 0.239. The van der Waals surface area contributed by atoms with Gasteiger partial charge in [0.05, 0.1) is 21.3 Å². The molecule has 150 valence electrons. The van der Waals surface area contributed by atoms with E-state index in [1.807, 2.05) is 24.3 Å². The van der Waals surface area contributed by atoms with Gasteiger partial charge in [0, 0.05) is 23.5 Å². The van der Waals surface area contributed by atoms with E-state index in [4.69, 9.17) is 14.2 Å². The van der Waals surface area contributed by atoms with Crippen molar-refractivity contribution in [3.8, 4) is 17.2 Å². The highest BCUT2D eigenvalue weighted by atomic mass is 16.5. The van der Waals surface area contributed by atoms with Gasteiger partial charge in [-0.3, -0.25) is 4.79 Å². The molecule has 0 aliphatic rings. The van der Waals surface area contributed by atoms with Crippen LogP contribution in [0.25, 0.3) is 0 Å². The molecule has 0 aliphatic carbocycles. The summed E-state index contributed by atoms with van der Waals surface area (Å²) in [5, 5.41) is 5.97. The molecular weight excluding hydrogens is 372 g/mol. The van der Waals surface area contributed by atoms with Crippen molar-refractivity contribution < 1.29 is 19.0 Å². The normalized spacial score (nSPS) is 10.2. The van der Waals surface area contributed by atoms with Gasteiger partial charge in [0.1, 0.15) is 23.1 Å². The zero-order valence-electron chi connectivity index (χ0n) is 16.6. The Bertz CT molecular complexity index is 1010. The fourth-order valence-corrected chi connectivity index (χ4v) is 2.68. The summed E-state index contributed by atoms with van der Waals surface area (Å²) in [4.78, 5) is 21.3. The number of anilines is 3. The van der Waals surface area contributed by atoms with Crippen LogP contribution in [0.5, 0.6) is 17.2 Å². The van der Waals surface area contributed by atoms with Crippen LogP contribution < -0.4 is 24.8 Å². The van der Waals surface area contributed by atoms with Gasteiger partial charge in [0.2, 0.25) is 0 Å². The first-order chi connectivity index (χ1) is 14.0. The lowest BCUT2D eigenvalue weighted by Crippen LogP contribution is -2.15. The molecule has 0 bridgehead atoms. The first-order valence-electron chi connectivity index (χ1n) is 8.82. The third-order valence-corrected chi connectivity index (χ3v) is 4.07. The number of aryl methyl sites for hydroxylation is 1. The predicted octanol–water partition coefficient (Wildman–Crippen LogP) is 3.81. The van der Waals surface area contributed by atoms with Crippen molar-refractivity contribution in [2.24, 2.45) is 0 Å². The first-order valence-corrected chi connectivity index (χ1v) is 8.82. The van der Waals surface area contributed by atoms with Crippen molar-refractivity contribution >= 4 is 23.1 Å². The number of benzene rings is 2. The molecule has 1 amide bonds. The third kappa shape index (κ3) is 4.92. The Morgan fingerprint density at radius 1 is 0.828 bits per heavy atom. The average Bonchev–Trinajstić information content (AvgIpc) is 2.73. The summed E-state index contributed by atoms with van der Waals surface area (Å²) in [6.45, 7) is 1.73. The number of methoxy groups -OCH3 is 3. The van der Waals surface area contributed by atoms with Crippen LogP contribution in [0.4, 0.5) is 17.2 Å². The van der Waals surface area contributed by atoms with E-state index in [1.54, 1.807) is 45.4 Å². The Labute approximate surface area is 168 Å². The van der Waals surface area contributed by atoms with Gasteiger partial charge in [-0.15, -0.1) is 0 Å². The molecule has 8 nitrogen and oxygen atoms in total. The van der Waals surface area contributed by atoms with Gasteiger partial charge >= 0.3 is 0 Å². The molecule has 2 N–H and O–H groups in total. The van der Waals surface area contributed by atoms with Crippen LogP contribution in [0, 0.1) is 6.92 Å². The number of aromatic nitrogens is 2. The second-order valence-electron chi connectivity index (χ2n) is 6.06. The number of amides is 1. The molecule has 8 heteroatoms. The smallest absolute Gasteiger partial charge is 0.274 e. The molecule has 29 heavy (non-hydrogen) atoms. The molecular formula is C21H22N4O4. The van der Waals surface area contributed by atoms with Crippen LogP contribution in [0.1, 0.15) is 16.3 Å². The molecule has 1 aromatic heterocycles. The molecule has 0 saturated carbocycles. The number of nitrogens with one attached hydrogen (secondary N) is 2. The largest absolute Gasteiger partial charge is 0.497 e. The Balaban J connectivity index is 1.78. The molecule has 0 saturated heterocycles. The molecule has 3 aromatic rings. The van der Waals surface area contributed by atoms with Crippen molar-refractivity contribution in [1.29, 1.82) is 0 Å². The highest BCUT2D eigenvalue weighted by Gasteiger charge is 2.13. The summed E-state index contributed by atoms with van der Waals surface area (Å²) in [5.41, 5.74) is 1.62. The first kappa shape index (κ1) is 19.9. The van der Waals surface area contributed by atoms with Gasteiger partial charge in [0.15, 0.2) is 11.5 Å². The minimum Gasteiger partial charge on any atom is -0.497 e. The molecule has 0 spiro atoms. The summed E-state index contributed by atoms with van der Waals surface area (Å²) in [6, 6.07) is 14.1. The van der Waals surface area contributed by atoms with Crippen molar-refractivity contribution in [2.45, 2.75) is 6.92 Å². The van der Waals surface area contributed by atoms with E-state index < -0.39 is 0 Å². The van der Waals surface area contributed by atoms with E-state index >= 15 is 0 Å². The van der Waals surface area contributed by atoms with E-state index in [2.05, 4.69) is 20.6 Å². The third-order valence-electron chi connectivity index (χ3n) is 4.07. The quantitative estimate of drug-likeness (QED) is 0.629. The molecule has 0 atom stereocenters. The molecule has 0 aliphatic heterocycles. The summed E-state index contributed by atoms with van der Waals surface area (Å²) < 4.78 is 15.6. The standard InChI is InChI=1S/C21H22N4O4/c1-13-22-17(12-20(23-13)24-14-5-8-16(27-2)9-6-14)21(26)25-15-7-10-18(28-3)19(11-15)29-4/h5-12H,1-4H3,(H,25,26)(H,22,23,24). The Kier molecular flexibility index (Phi) is 6.13. The summed E-state index contributed by atoms with van der Waals surface area (Å²) in [5.74, 6) is 2.48. The number of ether oxygens (including phenoxy) is 3. The van der Waals surface area contributed by atoms with Crippen LogP contribution in [0.15, 0.2) is 48.5 Å². The van der Waals surface area contributed by atoms with Gasteiger partial charge in [-0.1, -0.05) is 0 Å². The van der Waals surface area contributed by atoms with Gasteiger partial charge in [-0.25, -0.2) is 9.97 Å². The van der Waals surface area contributed by atoms with Gasteiger partial charge < -0.3 is 24.8 Å². The molecule has 0 fully saturated rings. The van der Waals surface area contributed by atoms with E-state index in [1.165, 1.54) is 7.11 Å². The van der Waals surface area contributed by atoms with Crippen LogP contribution in [0.3, 0.4) is 0 Å². The molecule has 3 rings (SSSR count). The number of rotatable bonds is 7. The SMILES string of the molecule is COc1ccc(Nc2cc(C(=O)Nc3ccc(OC)c(OC)c3)nc(C)n2)cc1. The number of carbonyl (C=O) groups is 1. The van der Waals surface area contributed by atoms with E-state index in [-0.39, 0.29) is 11.6 Å². The second-order valence-corrected chi connectivity index (χ2v) is 6.06. The molecule has 2 aromatic carbocycles. The Morgan fingerprint density at radius 3 is 2.17 bits per heavy atom. The lowest BCUT2D eigenvalue weighted by atomic mass is 10.2. The number of nitrogens with zero attached hydrogens (tertiary/aromatic N) is 2. The Morgan fingerprint density at radius 2 is 1.52 bits per heavy atom. The van der Waals surface area contributed by atoms with Crippen molar-refractivity contribution in [3.05, 3.63) is 60.0 Å². The predicted molar refractivity (Wildman–Crippen MR) is 111 cm³/mol. The molecule has 1 heterocycles. The zero-order chi connectivity index (χ0) is 20.8. The summed E-state index contributed by atoms with van der Waals surface area (Å²) in [7, 11) is 4.70. The lowest BCUT2D eigenvalue weighted by Gasteiger charge is -2.11. The maximum Gasteiger partial charge on any atom is 0.274 e. The number of hydrogen-bond donors (Lipinski definition) is 2. The van der Waals surface area contributed by atoms with Crippen molar-refractivity contribution in [3.63, 3.8) is 0 Å². The van der Waals surface area contributed by atoms with Crippen molar-refractivity contribution in [2.75, 3.05) is 32.0 Å². The topological polar surface area (TPSA) is 94.6 Å². The lowest BCUT2D eigenvalue weighted by molar-refractivity contribution is 0.102. The van der Waals surface area contributed by atoms with Crippen LogP contribution in [-0.2, 0) is 0 Å². The van der Waals surface area contributed by atoms with Gasteiger partial charge in [0.25, 0.3) is 5.91 Å². The monoisotopic (exact) mass is 394 g/mol. The van der Waals surface area contributed by atoms with Crippen molar-refractivity contribution in [1.82, 2.24) is 9.97 Å². The van der Waals surface area contributed by atoms with Crippen LogP contribution in [-0.4, -0.2) is 37.2 Å². The maximum atomic E-state index is 12.7. The molecule has 0 radical (unpaired) electrons. The highest BCUT2D eigenvalue weighted by Crippen LogP contribution is 2.30. The number of hydrogen-bond acceptors (Lipinski definition) is 7. The zero-order valence-corrected chi connectivity index (χ0v) is 16.6.